The topological polar surface area (TPSA) is 38.9 Å². The summed E-state index contributed by atoms with van der Waals surface area (Å²) in [4.78, 5) is 4.56. The van der Waals surface area contributed by atoms with E-state index in [1.165, 1.54) is 0 Å². The number of fused-ring (bicyclic) bond motifs is 1. The molecule has 0 saturated carbocycles. The minimum Gasteiger partial charge on any atom is -0.398 e. The van der Waals surface area contributed by atoms with Crippen molar-refractivity contribution in [3.05, 3.63) is 34.5 Å². The van der Waals surface area contributed by atoms with E-state index in [-0.39, 0.29) is 0 Å². The van der Waals surface area contributed by atoms with E-state index in [1.807, 2.05) is 25.1 Å². The molecule has 0 saturated heterocycles. The van der Waals surface area contributed by atoms with Gasteiger partial charge in [0.15, 0.2) is 0 Å². The normalized spacial score (nSPS) is 11.3. The van der Waals surface area contributed by atoms with Crippen LogP contribution < -0.4 is 5.73 Å². The third-order valence-corrected chi connectivity index (χ3v) is 3.03. The van der Waals surface area contributed by atoms with E-state index in [0.29, 0.717) is 10.9 Å². The monoisotopic (exact) mass is 234 g/mol. The minimum atomic E-state index is 0.371. The number of hydrogen-bond acceptors (Lipinski definition) is 2. The van der Waals surface area contributed by atoms with E-state index in [1.54, 1.807) is 0 Å². The average molecular weight is 235 g/mol. The lowest BCUT2D eigenvalue weighted by Crippen LogP contribution is -2.03. The Labute approximate surface area is 100 Å². The van der Waals surface area contributed by atoms with Crippen molar-refractivity contribution in [2.75, 3.05) is 5.73 Å². The first-order valence-corrected chi connectivity index (χ1v) is 5.73. The van der Waals surface area contributed by atoms with Gasteiger partial charge in [-0.1, -0.05) is 25.4 Å². The zero-order chi connectivity index (χ0) is 11.9. The van der Waals surface area contributed by atoms with Gasteiger partial charge in [0.1, 0.15) is 0 Å². The number of aromatic nitrogens is 1. The molecule has 0 aliphatic carbocycles. The molecule has 0 radical (unpaired) electrons. The minimum absolute atomic E-state index is 0.371. The summed E-state index contributed by atoms with van der Waals surface area (Å²) in [6, 6.07) is 5.63. The van der Waals surface area contributed by atoms with Crippen molar-refractivity contribution < 1.29 is 0 Å². The lowest BCUT2D eigenvalue weighted by atomic mass is 9.97. The number of rotatable bonds is 1. The molecule has 84 valence electrons. The molecule has 0 fully saturated rings. The van der Waals surface area contributed by atoms with Gasteiger partial charge in [-0.25, -0.2) is 0 Å². The molecule has 2 N–H and O–H groups in total. The second kappa shape index (κ2) is 3.95. The Balaban J connectivity index is 2.85. The Bertz CT molecular complexity index is 547. The predicted molar refractivity (Wildman–Crippen MR) is 70.0 cm³/mol. The van der Waals surface area contributed by atoms with Crippen LogP contribution in [0, 0.1) is 6.92 Å². The maximum absolute atomic E-state index is 6.19. The van der Waals surface area contributed by atoms with Gasteiger partial charge in [-0.15, -0.1) is 0 Å². The van der Waals surface area contributed by atoms with Crippen molar-refractivity contribution in [1.29, 1.82) is 0 Å². The van der Waals surface area contributed by atoms with Crippen LogP contribution in [-0.2, 0) is 0 Å². The Kier molecular flexibility index (Phi) is 2.76. The van der Waals surface area contributed by atoms with Crippen molar-refractivity contribution in [3.8, 4) is 0 Å². The van der Waals surface area contributed by atoms with Crippen molar-refractivity contribution in [1.82, 2.24) is 4.98 Å². The molecular formula is C13H15ClN2. The summed E-state index contributed by atoms with van der Waals surface area (Å²) in [6.45, 7) is 6.24. The van der Waals surface area contributed by atoms with Crippen LogP contribution in [0.2, 0.25) is 5.02 Å². The maximum Gasteiger partial charge on any atom is 0.0727 e. The summed E-state index contributed by atoms with van der Waals surface area (Å²) < 4.78 is 0. The molecule has 0 unspecified atom stereocenters. The van der Waals surface area contributed by atoms with Gasteiger partial charge in [0.2, 0.25) is 0 Å². The molecule has 3 heteroatoms. The molecule has 1 aromatic carbocycles. The van der Waals surface area contributed by atoms with E-state index in [0.717, 1.165) is 27.8 Å². The summed E-state index contributed by atoms with van der Waals surface area (Å²) in [5.41, 5.74) is 10.0. The Morgan fingerprint density at radius 2 is 2.00 bits per heavy atom. The number of hydrogen-bond donors (Lipinski definition) is 1. The summed E-state index contributed by atoms with van der Waals surface area (Å²) in [7, 11) is 0. The Morgan fingerprint density at radius 1 is 1.31 bits per heavy atom. The molecule has 0 bridgehead atoms. The van der Waals surface area contributed by atoms with E-state index in [4.69, 9.17) is 17.3 Å². The highest BCUT2D eigenvalue weighted by atomic mass is 35.5. The smallest absolute Gasteiger partial charge is 0.0727 e. The van der Waals surface area contributed by atoms with Gasteiger partial charge in [0, 0.05) is 21.8 Å². The van der Waals surface area contributed by atoms with Gasteiger partial charge in [-0.2, -0.15) is 0 Å². The van der Waals surface area contributed by atoms with Crippen LogP contribution in [0.4, 0.5) is 5.69 Å². The van der Waals surface area contributed by atoms with Crippen molar-refractivity contribution >= 4 is 28.2 Å². The standard InChI is InChI=1S/C13H15ClN2/c1-7(2)12-8(3)16-11-5-4-9(14)6-10(11)13(12)15/h4-7H,1-3H3,(H2,15,16). The van der Waals surface area contributed by atoms with Gasteiger partial charge in [-0.05, 0) is 36.6 Å². The zero-order valence-electron chi connectivity index (χ0n) is 9.71. The van der Waals surface area contributed by atoms with Crippen LogP contribution in [0.25, 0.3) is 10.9 Å². The second-order valence-corrected chi connectivity index (χ2v) is 4.78. The van der Waals surface area contributed by atoms with Crippen LogP contribution in [0.3, 0.4) is 0 Å². The zero-order valence-corrected chi connectivity index (χ0v) is 10.5. The number of nitrogen functional groups attached to an aromatic ring is 1. The number of nitrogens with two attached hydrogens (primary N) is 1. The fourth-order valence-electron chi connectivity index (χ4n) is 2.13. The molecule has 0 amide bonds. The van der Waals surface area contributed by atoms with E-state index < -0.39 is 0 Å². The molecule has 0 aliphatic rings. The molecule has 2 nitrogen and oxygen atoms in total. The van der Waals surface area contributed by atoms with Crippen LogP contribution in [0.1, 0.15) is 31.0 Å². The fraction of sp³-hybridized carbons (Fsp3) is 0.308. The second-order valence-electron chi connectivity index (χ2n) is 4.34. The van der Waals surface area contributed by atoms with Crippen molar-refractivity contribution in [2.45, 2.75) is 26.7 Å². The molecule has 1 aromatic heterocycles. The first-order chi connectivity index (χ1) is 7.50. The van der Waals surface area contributed by atoms with Crippen LogP contribution in [0.5, 0.6) is 0 Å². The van der Waals surface area contributed by atoms with E-state index in [2.05, 4.69) is 18.8 Å². The number of pyridine rings is 1. The summed E-state index contributed by atoms with van der Waals surface area (Å²) in [5.74, 6) is 0.371. The molecule has 0 aliphatic heterocycles. The van der Waals surface area contributed by atoms with Gasteiger partial charge >= 0.3 is 0 Å². The first-order valence-electron chi connectivity index (χ1n) is 5.36. The summed E-state index contributed by atoms with van der Waals surface area (Å²) in [6.07, 6.45) is 0. The van der Waals surface area contributed by atoms with E-state index in [9.17, 15) is 0 Å². The van der Waals surface area contributed by atoms with Crippen LogP contribution in [-0.4, -0.2) is 4.98 Å². The van der Waals surface area contributed by atoms with Gasteiger partial charge in [0.05, 0.1) is 5.52 Å². The quantitative estimate of drug-likeness (QED) is 0.813. The molecule has 16 heavy (non-hydrogen) atoms. The Hall–Kier alpha value is -1.28. The lowest BCUT2D eigenvalue weighted by Gasteiger charge is -2.15. The number of anilines is 1. The number of benzene rings is 1. The molecule has 1 heterocycles. The summed E-state index contributed by atoms with van der Waals surface area (Å²) >= 11 is 5.98. The average Bonchev–Trinajstić information content (AvgIpc) is 2.19. The fourth-order valence-corrected chi connectivity index (χ4v) is 2.30. The molecule has 0 atom stereocenters. The maximum atomic E-state index is 6.19. The highest BCUT2D eigenvalue weighted by molar-refractivity contribution is 6.31. The summed E-state index contributed by atoms with van der Waals surface area (Å²) in [5, 5.41) is 1.64. The number of aryl methyl sites for hydroxylation is 1. The molecular weight excluding hydrogens is 220 g/mol. The SMILES string of the molecule is Cc1nc2ccc(Cl)cc2c(N)c1C(C)C. The van der Waals surface area contributed by atoms with Gasteiger partial charge < -0.3 is 5.73 Å². The number of nitrogens with zero attached hydrogens (tertiary/aromatic N) is 1. The largest absolute Gasteiger partial charge is 0.398 e. The Morgan fingerprint density at radius 3 is 2.62 bits per heavy atom. The highest BCUT2D eigenvalue weighted by Crippen LogP contribution is 2.32. The molecule has 0 spiro atoms. The van der Waals surface area contributed by atoms with Gasteiger partial charge in [0.25, 0.3) is 0 Å². The van der Waals surface area contributed by atoms with E-state index >= 15 is 0 Å². The number of halogens is 1. The third-order valence-electron chi connectivity index (χ3n) is 2.79. The van der Waals surface area contributed by atoms with Crippen molar-refractivity contribution in [3.63, 3.8) is 0 Å². The predicted octanol–water partition coefficient (Wildman–Crippen LogP) is 3.90. The lowest BCUT2D eigenvalue weighted by molar-refractivity contribution is 0.851. The molecule has 2 aromatic rings. The molecule has 2 rings (SSSR count). The highest BCUT2D eigenvalue weighted by Gasteiger charge is 2.13. The van der Waals surface area contributed by atoms with Crippen LogP contribution >= 0.6 is 11.6 Å². The van der Waals surface area contributed by atoms with Gasteiger partial charge in [-0.3, -0.25) is 4.98 Å². The third kappa shape index (κ3) is 1.74. The van der Waals surface area contributed by atoms with Crippen LogP contribution in [0.15, 0.2) is 18.2 Å². The van der Waals surface area contributed by atoms with Crippen molar-refractivity contribution in [2.24, 2.45) is 0 Å². The first kappa shape index (κ1) is 11.2.